The molecule has 4 aromatic rings. The number of carbonyl (C=O) groups excluding carboxylic acids is 1. The van der Waals surface area contributed by atoms with Gasteiger partial charge in [0.25, 0.3) is 11.5 Å². The lowest BCUT2D eigenvalue weighted by Crippen LogP contribution is -2.41. The minimum atomic E-state index is -0.757. The van der Waals surface area contributed by atoms with Gasteiger partial charge in [-0.2, -0.15) is 0 Å². The van der Waals surface area contributed by atoms with Gasteiger partial charge < -0.3 is 14.1 Å². The van der Waals surface area contributed by atoms with Crippen LogP contribution in [-0.4, -0.2) is 33.8 Å². The van der Waals surface area contributed by atoms with Crippen molar-refractivity contribution in [1.29, 1.82) is 0 Å². The first kappa shape index (κ1) is 19.3. The van der Waals surface area contributed by atoms with E-state index in [2.05, 4.69) is 4.98 Å². The summed E-state index contributed by atoms with van der Waals surface area (Å²) in [5, 5.41) is 0.978. The van der Waals surface area contributed by atoms with E-state index in [-0.39, 0.29) is 23.3 Å². The molecule has 0 radical (unpaired) electrons. The van der Waals surface area contributed by atoms with Gasteiger partial charge in [-0.25, -0.2) is 9.78 Å². The van der Waals surface area contributed by atoms with Gasteiger partial charge in [-0.1, -0.05) is 23.7 Å². The highest BCUT2D eigenvalue weighted by Crippen LogP contribution is 2.25. The smallest absolute Gasteiger partial charge is 0.349 e. The van der Waals surface area contributed by atoms with Crippen molar-refractivity contribution in [2.24, 2.45) is 0 Å². The quantitative estimate of drug-likeness (QED) is 0.447. The van der Waals surface area contributed by atoms with Crippen LogP contribution in [0, 0.1) is 0 Å². The molecule has 156 valence electrons. The van der Waals surface area contributed by atoms with E-state index in [0.717, 1.165) is 0 Å². The second kappa shape index (κ2) is 7.24. The molecule has 5 rings (SSSR count). The normalized spacial score (nSPS) is 13.4. The second-order valence-corrected chi connectivity index (χ2v) is 7.66. The van der Waals surface area contributed by atoms with E-state index >= 15 is 0 Å². The van der Waals surface area contributed by atoms with Crippen LogP contribution in [-0.2, 0) is 13.0 Å². The molecule has 0 fully saturated rings. The molecule has 9 heteroatoms. The van der Waals surface area contributed by atoms with Crippen molar-refractivity contribution in [2.45, 2.75) is 13.0 Å². The van der Waals surface area contributed by atoms with Gasteiger partial charge in [-0.15, -0.1) is 0 Å². The lowest BCUT2D eigenvalue weighted by atomic mass is 10.1. The number of methoxy groups -OCH3 is 1. The number of para-hydroxylation sites is 1. The van der Waals surface area contributed by atoms with Crippen molar-refractivity contribution in [2.75, 3.05) is 13.7 Å². The molecule has 1 amide bonds. The Balaban J connectivity index is 1.54. The fourth-order valence-electron chi connectivity index (χ4n) is 3.84. The summed E-state index contributed by atoms with van der Waals surface area (Å²) >= 11 is 6.01. The molecule has 1 aliphatic rings. The standard InChI is InChI=1S/C22H16ClN3O5/c1-30-17-4-2-3-12-9-14(22(29)31-19(12)17)20(27)25-8-7-16-15(11-25)21(28)26-10-13(23)5-6-18(26)24-16/h2-6,9-10H,7-8,11H2,1H3. The molecule has 8 nitrogen and oxygen atoms in total. The van der Waals surface area contributed by atoms with E-state index in [1.165, 1.54) is 28.7 Å². The molecule has 4 heterocycles. The monoisotopic (exact) mass is 437 g/mol. The van der Waals surface area contributed by atoms with Crippen LogP contribution in [0.3, 0.4) is 0 Å². The molecule has 1 aromatic carbocycles. The van der Waals surface area contributed by atoms with Crippen LogP contribution < -0.4 is 15.9 Å². The maximum absolute atomic E-state index is 13.1. The number of pyridine rings is 1. The highest BCUT2D eigenvalue weighted by Gasteiger charge is 2.28. The highest BCUT2D eigenvalue weighted by molar-refractivity contribution is 6.30. The number of halogens is 1. The van der Waals surface area contributed by atoms with E-state index in [1.807, 2.05) is 0 Å². The topological polar surface area (TPSA) is 94.1 Å². The molecule has 31 heavy (non-hydrogen) atoms. The first-order valence-electron chi connectivity index (χ1n) is 9.56. The average molecular weight is 438 g/mol. The van der Waals surface area contributed by atoms with Crippen LogP contribution in [0.2, 0.25) is 5.02 Å². The summed E-state index contributed by atoms with van der Waals surface area (Å²) in [7, 11) is 1.47. The predicted octanol–water partition coefficient (Wildman–Crippen LogP) is 2.66. The average Bonchev–Trinajstić information content (AvgIpc) is 2.78. The summed E-state index contributed by atoms with van der Waals surface area (Å²) in [6.45, 7) is 0.378. The van der Waals surface area contributed by atoms with Crippen LogP contribution in [0.25, 0.3) is 16.6 Å². The van der Waals surface area contributed by atoms with Crippen LogP contribution in [0.15, 0.2) is 56.6 Å². The van der Waals surface area contributed by atoms with E-state index in [4.69, 9.17) is 20.8 Å². The zero-order valence-corrected chi connectivity index (χ0v) is 17.2. The van der Waals surface area contributed by atoms with Crippen LogP contribution in [0.1, 0.15) is 21.6 Å². The zero-order chi connectivity index (χ0) is 21.7. The molecule has 1 aliphatic heterocycles. The Labute approximate surface area is 180 Å². The van der Waals surface area contributed by atoms with Gasteiger partial charge in [-0.05, 0) is 24.3 Å². The van der Waals surface area contributed by atoms with Crippen molar-refractivity contribution < 1.29 is 13.9 Å². The zero-order valence-electron chi connectivity index (χ0n) is 16.4. The van der Waals surface area contributed by atoms with Gasteiger partial charge in [0, 0.05) is 24.5 Å². The third-order valence-corrected chi connectivity index (χ3v) is 5.62. The molecule has 0 aliphatic carbocycles. The van der Waals surface area contributed by atoms with Crippen LogP contribution >= 0.6 is 11.6 Å². The van der Waals surface area contributed by atoms with Gasteiger partial charge in [0.1, 0.15) is 11.2 Å². The third kappa shape index (κ3) is 3.16. The Hall–Kier alpha value is -3.65. The Morgan fingerprint density at radius 3 is 2.87 bits per heavy atom. The summed E-state index contributed by atoms with van der Waals surface area (Å²) in [4.78, 5) is 44.7. The van der Waals surface area contributed by atoms with E-state index in [1.54, 1.807) is 30.3 Å². The molecule has 0 N–H and O–H groups in total. The minimum Gasteiger partial charge on any atom is -0.493 e. The number of ether oxygens (including phenoxy) is 1. The van der Waals surface area contributed by atoms with Crippen molar-refractivity contribution in [3.8, 4) is 5.75 Å². The molecular formula is C22H16ClN3O5. The number of carbonyl (C=O) groups is 1. The van der Waals surface area contributed by atoms with Crippen molar-refractivity contribution in [1.82, 2.24) is 14.3 Å². The molecule has 0 saturated heterocycles. The predicted molar refractivity (Wildman–Crippen MR) is 114 cm³/mol. The van der Waals surface area contributed by atoms with Gasteiger partial charge >= 0.3 is 5.63 Å². The lowest BCUT2D eigenvalue weighted by molar-refractivity contribution is 0.0728. The van der Waals surface area contributed by atoms with Crippen LogP contribution in [0.4, 0.5) is 0 Å². The van der Waals surface area contributed by atoms with E-state index in [9.17, 15) is 14.4 Å². The Morgan fingerprint density at radius 2 is 2.06 bits per heavy atom. The third-order valence-electron chi connectivity index (χ3n) is 5.39. The number of hydrogen-bond donors (Lipinski definition) is 0. The van der Waals surface area contributed by atoms with E-state index < -0.39 is 11.5 Å². The summed E-state index contributed by atoms with van der Waals surface area (Å²) < 4.78 is 12.0. The minimum absolute atomic E-state index is 0.0467. The molecule has 3 aromatic heterocycles. The lowest BCUT2D eigenvalue weighted by Gasteiger charge is -2.27. The highest BCUT2D eigenvalue weighted by atomic mass is 35.5. The fraction of sp³-hybridized carbons (Fsp3) is 0.182. The number of benzene rings is 1. The molecule has 0 unspecified atom stereocenters. The van der Waals surface area contributed by atoms with Crippen LogP contribution in [0.5, 0.6) is 5.75 Å². The molecule has 0 atom stereocenters. The Morgan fingerprint density at radius 1 is 1.23 bits per heavy atom. The molecular weight excluding hydrogens is 422 g/mol. The molecule has 0 spiro atoms. The summed E-state index contributed by atoms with van der Waals surface area (Å²) in [6.07, 6.45) is 1.90. The van der Waals surface area contributed by atoms with Gasteiger partial charge in [0.05, 0.1) is 29.9 Å². The summed E-state index contributed by atoms with van der Waals surface area (Å²) in [6, 6.07) is 9.99. The van der Waals surface area contributed by atoms with Gasteiger partial charge in [0.15, 0.2) is 11.3 Å². The number of hydrogen-bond acceptors (Lipinski definition) is 6. The number of rotatable bonds is 2. The van der Waals surface area contributed by atoms with Crippen molar-refractivity contribution >= 4 is 34.1 Å². The van der Waals surface area contributed by atoms with Gasteiger partial charge in [-0.3, -0.25) is 14.0 Å². The maximum atomic E-state index is 13.1. The van der Waals surface area contributed by atoms with Crippen molar-refractivity contribution in [3.63, 3.8) is 0 Å². The first-order valence-corrected chi connectivity index (χ1v) is 9.94. The van der Waals surface area contributed by atoms with E-state index in [0.29, 0.717) is 46.0 Å². The van der Waals surface area contributed by atoms with Gasteiger partial charge in [0.2, 0.25) is 0 Å². The molecule has 0 saturated carbocycles. The molecule has 0 bridgehead atoms. The number of aromatic nitrogens is 2. The summed E-state index contributed by atoms with van der Waals surface area (Å²) in [5.74, 6) is -0.0927. The Kier molecular flexibility index (Phi) is 4.51. The SMILES string of the molecule is COc1cccc2cc(C(=O)N3CCc4nc5ccc(Cl)cn5c(=O)c4C3)c(=O)oc12. The number of nitrogens with zero attached hydrogens (tertiary/aromatic N) is 3. The largest absolute Gasteiger partial charge is 0.493 e. The fourth-order valence-corrected chi connectivity index (χ4v) is 4.00. The second-order valence-electron chi connectivity index (χ2n) is 7.22. The number of fused-ring (bicyclic) bond motifs is 3. The van der Waals surface area contributed by atoms with Crippen molar-refractivity contribution in [3.05, 3.63) is 85.2 Å². The number of amides is 1. The summed E-state index contributed by atoms with van der Waals surface area (Å²) in [5.41, 5.74) is 0.695. The maximum Gasteiger partial charge on any atom is 0.349 e. The Bertz CT molecular complexity index is 1490. The first-order chi connectivity index (χ1) is 15.0.